The number of amides is 1. The van der Waals surface area contributed by atoms with Gasteiger partial charge >= 0.3 is 5.97 Å². The van der Waals surface area contributed by atoms with Gasteiger partial charge in [0, 0.05) is 13.0 Å². The van der Waals surface area contributed by atoms with Crippen molar-refractivity contribution in [2.75, 3.05) is 0 Å². The fraction of sp³-hybridized carbons (Fsp3) is 0.227. The normalized spacial score (nSPS) is 11.7. The third-order valence-electron chi connectivity index (χ3n) is 4.29. The molecule has 0 spiro atoms. The minimum atomic E-state index is -0.964. The SMILES string of the molecule is CC(OC(=O)CCc1ncc(-c2c(F)cccc2F)o1)C(=O)NCc1ccccc1. The lowest BCUT2D eigenvalue weighted by Crippen LogP contribution is -2.35. The highest BCUT2D eigenvalue weighted by Crippen LogP contribution is 2.26. The average molecular weight is 414 g/mol. The summed E-state index contributed by atoms with van der Waals surface area (Å²) < 4.78 is 38.1. The molecular formula is C22H20F2N2O4. The van der Waals surface area contributed by atoms with E-state index in [1.165, 1.54) is 19.2 Å². The molecule has 156 valence electrons. The van der Waals surface area contributed by atoms with Crippen molar-refractivity contribution >= 4 is 11.9 Å². The topological polar surface area (TPSA) is 81.4 Å². The number of aryl methyl sites for hydroxylation is 1. The summed E-state index contributed by atoms with van der Waals surface area (Å²) in [5.41, 5.74) is 0.609. The van der Waals surface area contributed by atoms with E-state index in [1.54, 1.807) is 0 Å². The van der Waals surface area contributed by atoms with Gasteiger partial charge in [0.25, 0.3) is 5.91 Å². The van der Waals surface area contributed by atoms with E-state index < -0.39 is 29.6 Å². The summed E-state index contributed by atoms with van der Waals surface area (Å²) in [5, 5.41) is 2.69. The van der Waals surface area contributed by atoms with Crippen LogP contribution in [0.2, 0.25) is 0 Å². The van der Waals surface area contributed by atoms with E-state index in [9.17, 15) is 18.4 Å². The van der Waals surface area contributed by atoms with Gasteiger partial charge in [-0.15, -0.1) is 0 Å². The third kappa shape index (κ3) is 5.50. The van der Waals surface area contributed by atoms with Gasteiger partial charge in [0.1, 0.15) is 11.6 Å². The van der Waals surface area contributed by atoms with Crippen LogP contribution in [-0.2, 0) is 27.3 Å². The first-order valence-corrected chi connectivity index (χ1v) is 9.34. The summed E-state index contributed by atoms with van der Waals surface area (Å²) in [4.78, 5) is 28.0. The fourth-order valence-corrected chi connectivity index (χ4v) is 2.72. The van der Waals surface area contributed by atoms with Crippen LogP contribution in [0.5, 0.6) is 0 Å². The monoisotopic (exact) mass is 414 g/mol. The molecule has 0 bridgehead atoms. The number of nitrogens with zero attached hydrogens (tertiary/aromatic N) is 1. The first-order valence-electron chi connectivity index (χ1n) is 9.34. The van der Waals surface area contributed by atoms with Crippen LogP contribution in [-0.4, -0.2) is 23.0 Å². The first-order chi connectivity index (χ1) is 14.4. The molecule has 1 unspecified atom stereocenters. The van der Waals surface area contributed by atoms with Crippen molar-refractivity contribution in [1.29, 1.82) is 0 Å². The van der Waals surface area contributed by atoms with Crippen LogP contribution in [0.25, 0.3) is 11.3 Å². The predicted octanol–water partition coefficient (Wildman–Crippen LogP) is 3.80. The molecule has 0 fully saturated rings. The molecule has 30 heavy (non-hydrogen) atoms. The summed E-state index contributed by atoms with van der Waals surface area (Å²) in [7, 11) is 0. The van der Waals surface area contributed by atoms with E-state index in [1.807, 2.05) is 30.3 Å². The van der Waals surface area contributed by atoms with Gasteiger partial charge in [-0.2, -0.15) is 0 Å². The smallest absolute Gasteiger partial charge is 0.307 e. The van der Waals surface area contributed by atoms with E-state index in [4.69, 9.17) is 9.15 Å². The summed E-state index contributed by atoms with van der Waals surface area (Å²) in [5.74, 6) is -2.51. The first kappa shape index (κ1) is 21.2. The Labute approximate surface area is 171 Å². The van der Waals surface area contributed by atoms with Gasteiger partial charge in [-0.05, 0) is 24.6 Å². The lowest BCUT2D eigenvalue weighted by Gasteiger charge is -2.13. The number of carbonyl (C=O) groups excluding carboxylic acids is 2. The molecule has 6 nitrogen and oxygen atoms in total. The largest absolute Gasteiger partial charge is 0.453 e. The molecule has 2 aromatic carbocycles. The number of ether oxygens (including phenoxy) is 1. The molecule has 8 heteroatoms. The molecule has 0 saturated heterocycles. The molecule has 1 aromatic heterocycles. The van der Waals surface area contributed by atoms with E-state index in [0.717, 1.165) is 17.7 Å². The van der Waals surface area contributed by atoms with Gasteiger partial charge in [0.15, 0.2) is 17.8 Å². The summed E-state index contributed by atoms with van der Waals surface area (Å²) in [6, 6.07) is 12.8. The van der Waals surface area contributed by atoms with E-state index >= 15 is 0 Å². The third-order valence-corrected chi connectivity index (χ3v) is 4.29. The molecule has 1 amide bonds. The summed E-state index contributed by atoms with van der Waals surface area (Å²) in [6.45, 7) is 1.80. The highest BCUT2D eigenvalue weighted by molar-refractivity contribution is 5.83. The van der Waals surface area contributed by atoms with Gasteiger partial charge in [-0.1, -0.05) is 36.4 Å². The Hall–Kier alpha value is -3.55. The number of nitrogens with one attached hydrogen (secondary N) is 1. The standard InChI is InChI=1S/C22H20F2N2O4/c1-14(22(28)26-12-15-6-3-2-4-7-15)29-20(27)11-10-19-25-13-18(30-19)21-16(23)8-5-9-17(21)24/h2-9,13-14H,10-12H2,1H3,(H,26,28). The second kappa shape index (κ2) is 9.78. The van der Waals surface area contributed by atoms with Crippen molar-refractivity contribution in [3.63, 3.8) is 0 Å². The maximum Gasteiger partial charge on any atom is 0.307 e. The minimum absolute atomic E-state index is 0.0628. The number of esters is 1. The van der Waals surface area contributed by atoms with Gasteiger partial charge in [0.05, 0.1) is 18.2 Å². The van der Waals surface area contributed by atoms with Crippen LogP contribution in [0, 0.1) is 11.6 Å². The number of carbonyl (C=O) groups is 2. The molecule has 0 radical (unpaired) electrons. The molecule has 3 aromatic rings. The van der Waals surface area contributed by atoms with Crippen molar-refractivity contribution in [3.8, 4) is 11.3 Å². The molecule has 3 rings (SSSR count). The Morgan fingerprint density at radius 3 is 2.50 bits per heavy atom. The number of hydrogen-bond donors (Lipinski definition) is 1. The molecule has 0 aliphatic carbocycles. The van der Waals surface area contributed by atoms with E-state index in [-0.39, 0.29) is 30.1 Å². The fourth-order valence-electron chi connectivity index (χ4n) is 2.72. The second-order valence-corrected chi connectivity index (χ2v) is 6.55. The van der Waals surface area contributed by atoms with Crippen LogP contribution in [0.15, 0.2) is 59.1 Å². The number of rotatable bonds is 8. The van der Waals surface area contributed by atoms with E-state index in [2.05, 4.69) is 10.3 Å². The molecule has 1 N–H and O–H groups in total. The Balaban J connectivity index is 1.47. The van der Waals surface area contributed by atoms with Crippen LogP contribution in [0.4, 0.5) is 8.78 Å². The molecular weight excluding hydrogens is 394 g/mol. The maximum atomic E-state index is 13.8. The van der Waals surface area contributed by atoms with E-state index in [0.29, 0.717) is 6.54 Å². The highest BCUT2D eigenvalue weighted by Gasteiger charge is 2.19. The molecule has 0 aliphatic heterocycles. The number of hydrogen-bond acceptors (Lipinski definition) is 5. The Morgan fingerprint density at radius 2 is 1.80 bits per heavy atom. The summed E-state index contributed by atoms with van der Waals surface area (Å²) in [6.07, 6.45) is 0.194. The van der Waals surface area contributed by atoms with Crippen LogP contribution < -0.4 is 5.32 Å². The minimum Gasteiger partial charge on any atom is -0.453 e. The molecule has 1 atom stereocenters. The zero-order valence-electron chi connectivity index (χ0n) is 16.2. The lowest BCUT2D eigenvalue weighted by atomic mass is 10.1. The van der Waals surface area contributed by atoms with Crippen LogP contribution >= 0.6 is 0 Å². The Morgan fingerprint density at radius 1 is 1.10 bits per heavy atom. The predicted molar refractivity (Wildman–Crippen MR) is 104 cm³/mol. The van der Waals surface area contributed by atoms with Gasteiger partial charge in [-0.25, -0.2) is 13.8 Å². The highest BCUT2D eigenvalue weighted by atomic mass is 19.1. The van der Waals surface area contributed by atoms with Gasteiger partial charge in [0.2, 0.25) is 0 Å². The maximum absolute atomic E-state index is 13.8. The van der Waals surface area contributed by atoms with Crippen molar-refractivity contribution in [1.82, 2.24) is 10.3 Å². The molecule has 0 saturated carbocycles. The van der Waals surface area contributed by atoms with Crippen LogP contribution in [0.3, 0.4) is 0 Å². The second-order valence-electron chi connectivity index (χ2n) is 6.55. The van der Waals surface area contributed by atoms with Crippen molar-refractivity contribution in [2.24, 2.45) is 0 Å². The number of oxazole rings is 1. The van der Waals surface area contributed by atoms with Gasteiger partial charge in [-0.3, -0.25) is 9.59 Å². The zero-order valence-corrected chi connectivity index (χ0v) is 16.2. The molecule has 0 aliphatic rings. The number of benzene rings is 2. The van der Waals surface area contributed by atoms with Crippen molar-refractivity contribution in [3.05, 3.63) is 77.8 Å². The quantitative estimate of drug-likeness (QED) is 0.567. The Bertz CT molecular complexity index is 1000. The van der Waals surface area contributed by atoms with Crippen molar-refractivity contribution < 1.29 is 27.5 Å². The zero-order chi connectivity index (χ0) is 21.5. The number of halogens is 2. The van der Waals surface area contributed by atoms with Crippen LogP contribution in [0.1, 0.15) is 24.8 Å². The summed E-state index contributed by atoms with van der Waals surface area (Å²) >= 11 is 0. The van der Waals surface area contributed by atoms with Gasteiger partial charge < -0.3 is 14.5 Å². The average Bonchev–Trinajstić information content (AvgIpc) is 3.19. The number of aromatic nitrogens is 1. The van der Waals surface area contributed by atoms with Crippen molar-refractivity contribution in [2.45, 2.75) is 32.4 Å². The molecule has 1 heterocycles. The Kier molecular flexibility index (Phi) is 6.90. The lowest BCUT2D eigenvalue weighted by molar-refractivity contribution is -0.154.